The second-order valence-electron chi connectivity index (χ2n) is 5.04. The Balaban J connectivity index is 2.09. The van der Waals surface area contributed by atoms with Gasteiger partial charge in [0.1, 0.15) is 5.82 Å². The van der Waals surface area contributed by atoms with E-state index >= 15 is 0 Å². The number of hydrogen-bond acceptors (Lipinski definition) is 1. The number of hydrogen-bond donors (Lipinski definition) is 1. The lowest BCUT2D eigenvalue weighted by Crippen LogP contribution is -2.33. The van der Waals surface area contributed by atoms with E-state index < -0.39 is 0 Å². The number of likely N-dealkylation sites (N-methyl/N-ethyl adjacent to an activating group) is 1. The van der Waals surface area contributed by atoms with E-state index in [1.54, 1.807) is 6.07 Å². The third kappa shape index (κ3) is 5.10. The molecule has 2 rings (SSSR count). The van der Waals surface area contributed by atoms with Crippen molar-refractivity contribution in [1.29, 1.82) is 0 Å². The Kier molecular flexibility index (Phi) is 6.22. The van der Waals surface area contributed by atoms with Crippen LogP contribution in [0.4, 0.5) is 4.39 Å². The van der Waals surface area contributed by atoms with Crippen molar-refractivity contribution in [2.24, 2.45) is 0 Å². The van der Waals surface area contributed by atoms with Crippen LogP contribution in [0.1, 0.15) is 18.1 Å². The summed E-state index contributed by atoms with van der Waals surface area (Å²) in [4.78, 5) is 0. The third-order valence-electron chi connectivity index (χ3n) is 3.33. The molecule has 2 aromatic carbocycles. The number of nitrogens with one attached hydrogen (secondary N) is 1. The van der Waals surface area contributed by atoms with Crippen molar-refractivity contribution in [3.05, 3.63) is 68.9 Å². The SMILES string of the molecule is CCNC(Cc1cccc(Br)c1)Cc1ccc(Cl)c(F)c1. The van der Waals surface area contributed by atoms with E-state index in [2.05, 4.69) is 40.3 Å². The molecule has 0 saturated carbocycles. The van der Waals surface area contributed by atoms with E-state index in [-0.39, 0.29) is 16.9 Å². The number of rotatable bonds is 6. The zero-order chi connectivity index (χ0) is 15.2. The lowest BCUT2D eigenvalue weighted by Gasteiger charge is -2.18. The molecule has 4 heteroatoms. The monoisotopic (exact) mass is 369 g/mol. The first kappa shape index (κ1) is 16.5. The van der Waals surface area contributed by atoms with E-state index in [0.29, 0.717) is 0 Å². The summed E-state index contributed by atoms with van der Waals surface area (Å²) in [5.41, 5.74) is 2.21. The van der Waals surface area contributed by atoms with Crippen LogP contribution in [0, 0.1) is 5.82 Å². The van der Waals surface area contributed by atoms with Crippen molar-refractivity contribution in [2.75, 3.05) is 6.54 Å². The molecule has 0 aliphatic carbocycles. The van der Waals surface area contributed by atoms with Crippen molar-refractivity contribution in [3.63, 3.8) is 0 Å². The maximum absolute atomic E-state index is 13.5. The van der Waals surface area contributed by atoms with Crippen molar-refractivity contribution in [2.45, 2.75) is 25.8 Å². The van der Waals surface area contributed by atoms with Crippen LogP contribution in [0.5, 0.6) is 0 Å². The number of halogens is 3. The van der Waals surface area contributed by atoms with Gasteiger partial charge >= 0.3 is 0 Å². The third-order valence-corrected chi connectivity index (χ3v) is 4.13. The normalized spacial score (nSPS) is 12.4. The topological polar surface area (TPSA) is 12.0 Å². The van der Waals surface area contributed by atoms with E-state index in [1.807, 2.05) is 18.2 Å². The fourth-order valence-corrected chi connectivity index (χ4v) is 2.97. The summed E-state index contributed by atoms with van der Waals surface area (Å²) >= 11 is 9.22. The molecule has 0 amide bonds. The molecule has 0 radical (unpaired) electrons. The van der Waals surface area contributed by atoms with Gasteiger partial charge in [0, 0.05) is 10.5 Å². The molecule has 1 N–H and O–H groups in total. The summed E-state index contributed by atoms with van der Waals surface area (Å²) in [6.07, 6.45) is 1.67. The molecule has 21 heavy (non-hydrogen) atoms. The van der Waals surface area contributed by atoms with Crippen LogP contribution in [0.3, 0.4) is 0 Å². The van der Waals surface area contributed by atoms with Crippen molar-refractivity contribution in [3.8, 4) is 0 Å². The van der Waals surface area contributed by atoms with Crippen LogP contribution in [0.2, 0.25) is 5.02 Å². The molecule has 2 aromatic rings. The Morgan fingerprint density at radius 2 is 1.86 bits per heavy atom. The van der Waals surface area contributed by atoms with Gasteiger partial charge in [0.25, 0.3) is 0 Å². The highest BCUT2D eigenvalue weighted by atomic mass is 79.9. The van der Waals surface area contributed by atoms with Crippen LogP contribution < -0.4 is 5.32 Å². The van der Waals surface area contributed by atoms with Crippen LogP contribution >= 0.6 is 27.5 Å². The average Bonchev–Trinajstić information content (AvgIpc) is 2.43. The molecule has 0 bridgehead atoms. The summed E-state index contributed by atoms with van der Waals surface area (Å²) in [7, 11) is 0. The molecule has 0 fully saturated rings. The molecule has 0 aliphatic rings. The van der Waals surface area contributed by atoms with Gasteiger partial charge in [-0.25, -0.2) is 4.39 Å². The Morgan fingerprint density at radius 3 is 2.48 bits per heavy atom. The summed E-state index contributed by atoms with van der Waals surface area (Å²) in [5, 5.41) is 3.63. The molecular weight excluding hydrogens is 353 g/mol. The van der Waals surface area contributed by atoms with Gasteiger partial charge in [0.2, 0.25) is 0 Å². The summed E-state index contributed by atoms with van der Waals surface area (Å²) < 4.78 is 14.6. The lowest BCUT2D eigenvalue weighted by molar-refractivity contribution is 0.519. The van der Waals surface area contributed by atoms with Gasteiger partial charge in [-0.05, 0) is 54.8 Å². The van der Waals surface area contributed by atoms with Crippen LogP contribution in [0.15, 0.2) is 46.9 Å². The zero-order valence-electron chi connectivity index (χ0n) is 11.9. The largest absolute Gasteiger partial charge is 0.314 e. The molecule has 0 saturated heterocycles. The minimum atomic E-state index is -0.355. The molecule has 0 aliphatic heterocycles. The highest BCUT2D eigenvalue weighted by Gasteiger charge is 2.11. The first-order valence-corrected chi connectivity index (χ1v) is 8.17. The molecule has 1 nitrogen and oxygen atoms in total. The van der Waals surface area contributed by atoms with E-state index in [0.717, 1.165) is 29.4 Å². The molecule has 1 atom stereocenters. The first-order valence-electron chi connectivity index (χ1n) is 7.00. The Hall–Kier alpha value is -0.900. The van der Waals surface area contributed by atoms with Crippen LogP contribution in [-0.4, -0.2) is 12.6 Å². The minimum Gasteiger partial charge on any atom is -0.314 e. The van der Waals surface area contributed by atoms with Crippen LogP contribution in [0.25, 0.3) is 0 Å². The molecule has 1 unspecified atom stereocenters. The summed E-state index contributed by atoms with van der Waals surface area (Å²) in [6, 6.07) is 13.6. The Labute approximate surface area is 138 Å². The highest BCUT2D eigenvalue weighted by Crippen LogP contribution is 2.18. The Morgan fingerprint density at radius 1 is 1.14 bits per heavy atom. The van der Waals surface area contributed by atoms with Crippen molar-refractivity contribution >= 4 is 27.5 Å². The fourth-order valence-electron chi connectivity index (χ4n) is 2.40. The minimum absolute atomic E-state index is 0.172. The molecule has 112 valence electrons. The average molecular weight is 371 g/mol. The van der Waals surface area contributed by atoms with Gasteiger partial charge in [-0.15, -0.1) is 0 Å². The summed E-state index contributed by atoms with van der Waals surface area (Å²) in [5.74, 6) is -0.355. The standard InChI is InChI=1S/C17H18BrClFN/c1-2-21-15(9-12-4-3-5-14(18)8-12)10-13-6-7-16(19)17(20)11-13/h3-8,11,15,21H,2,9-10H2,1H3. The van der Waals surface area contributed by atoms with Gasteiger partial charge in [0.05, 0.1) is 5.02 Å². The Bertz CT molecular complexity index is 603. The van der Waals surface area contributed by atoms with Crippen molar-refractivity contribution in [1.82, 2.24) is 5.32 Å². The zero-order valence-corrected chi connectivity index (χ0v) is 14.2. The van der Waals surface area contributed by atoms with E-state index in [4.69, 9.17) is 11.6 Å². The van der Waals surface area contributed by atoms with E-state index in [1.165, 1.54) is 11.6 Å². The maximum Gasteiger partial charge on any atom is 0.142 e. The van der Waals surface area contributed by atoms with Gasteiger partial charge in [0.15, 0.2) is 0 Å². The van der Waals surface area contributed by atoms with Gasteiger partial charge in [-0.2, -0.15) is 0 Å². The quantitative estimate of drug-likeness (QED) is 0.754. The lowest BCUT2D eigenvalue weighted by atomic mass is 9.99. The highest BCUT2D eigenvalue weighted by molar-refractivity contribution is 9.10. The predicted octanol–water partition coefficient (Wildman–Crippen LogP) is 5.00. The second-order valence-corrected chi connectivity index (χ2v) is 6.36. The summed E-state index contributed by atoms with van der Waals surface area (Å²) in [6.45, 7) is 2.96. The molecular formula is C17H18BrClFN. The van der Waals surface area contributed by atoms with E-state index in [9.17, 15) is 4.39 Å². The number of benzene rings is 2. The predicted molar refractivity (Wildman–Crippen MR) is 90.4 cm³/mol. The molecule has 0 aromatic heterocycles. The smallest absolute Gasteiger partial charge is 0.142 e. The maximum atomic E-state index is 13.5. The van der Waals surface area contributed by atoms with Gasteiger partial charge in [-0.1, -0.05) is 52.7 Å². The molecule has 0 spiro atoms. The van der Waals surface area contributed by atoms with Gasteiger partial charge in [-0.3, -0.25) is 0 Å². The van der Waals surface area contributed by atoms with Gasteiger partial charge < -0.3 is 5.32 Å². The fraction of sp³-hybridized carbons (Fsp3) is 0.294. The second kappa shape index (κ2) is 7.92. The van der Waals surface area contributed by atoms with Crippen molar-refractivity contribution < 1.29 is 4.39 Å². The molecule has 0 heterocycles. The van der Waals surface area contributed by atoms with Crippen LogP contribution in [-0.2, 0) is 12.8 Å². The first-order chi connectivity index (χ1) is 10.1.